The van der Waals surface area contributed by atoms with Gasteiger partial charge in [-0.25, -0.2) is 0 Å². The third kappa shape index (κ3) is 5.05. The Morgan fingerprint density at radius 3 is 2.34 bits per heavy atom. The summed E-state index contributed by atoms with van der Waals surface area (Å²) in [6.07, 6.45) is 1.59. The Bertz CT molecular complexity index is 1180. The van der Waals surface area contributed by atoms with Crippen molar-refractivity contribution in [1.29, 1.82) is 5.26 Å². The summed E-state index contributed by atoms with van der Waals surface area (Å²) < 4.78 is 36.4. The zero-order valence-corrected chi connectivity index (χ0v) is 17.8. The second kappa shape index (κ2) is 8.95. The molecule has 0 N–H and O–H groups in total. The van der Waals surface area contributed by atoms with Crippen LogP contribution in [0.1, 0.15) is 11.1 Å². The third-order valence-corrected chi connectivity index (χ3v) is 5.77. The van der Waals surface area contributed by atoms with Gasteiger partial charge in [-0.05, 0) is 66.2 Å². The van der Waals surface area contributed by atoms with Crippen molar-refractivity contribution >= 4 is 37.7 Å². The normalized spacial score (nSPS) is 11.6. The summed E-state index contributed by atoms with van der Waals surface area (Å²) in [5, 5.41) is 9.62. The minimum atomic E-state index is -4.01. The minimum absolute atomic E-state index is 0.0495. The SMILES string of the molecule is COc1ccc(/C(C#N)=C/c2cc(Br)ccc2OS(=O)(=O)c2ccccc2)cc1. The Morgan fingerprint density at radius 1 is 1.03 bits per heavy atom. The fourth-order valence-electron chi connectivity index (χ4n) is 2.57. The van der Waals surface area contributed by atoms with Gasteiger partial charge in [0.1, 0.15) is 16.4 Å². The van der Waals surface area contributed by atoms with Crippen LogP contribution < -0.4 is 8.92 Å². The molecule has 0 saturated heterocycles. The molecule has 0 spiro atoms. The van der Waals surface area contributed by atoms with Crippen LogP contribution in [0.2, 0.25) is 0 Å². The molecule has 0 aliphatic heterocycles. The van der Waals surface area contributed by atoms with Gasteiger partial charge in [0.05, 0.1) is 18.8 Å². The molecule has 0 amide bonds. The Balaban J connectivity index is 2.02. The summed E-state index contributed by atoms with van der Waals surface area (Å²) in [5.41, 5.74) is 1.48. The smallest absolute Gasteiger partial charge is 0.339 e. The zero-order chi connectivity index (χ0) is 20.9. The van der Waals surface area contributed by atoms with Gasteiger partial charge in [0.25, 0.3) is 0 Å². The number of hydrogen-bond donors (Lipinski definition) is 0. The number of benzene rings is 3. The molecule has 0 saturated carbocycles. The molecule has 3 aromatic rings. The summed E-state index contributed by atoms with van der Waals surface area (Å²) in [7, 11) is -2.45. The first-order chi connectivity index (χ1) is 13.9. The van der Waals surface area contributed by atoms with E-state index in [1.165, 1.54) is 12.1 Å². The largest absolute Gasteiger partial charge is 0.497 e. The molecule has 146 valence electrons. The lowest BCUT2D eigenvalue weighted by atomic mass is 10.0. The lowest BCUT2D eigenvalue weighted by molar-refractivity contribution is 0.415. The van der Waals surface area contributed by atoms with Gasteiger partial charge in [-0.3, -0.25) is 0 Å². The fourth-order valence-corrected chi connectivity index (χ4v) is 3.92. The van der Waals surface area contributed by atoms with E-state index in [1.807, 2.05) is 0 Å². The fraction of sp³-hybridized carbons (Fsp3) is 0.0455. The van der Waals surface area contributed by atoms with Crippen molar-refractivity contribution < 1.29 is 17.3 Å². The lowest BCUT2D eigenvalue weighted by Gasteiger charge is -2.11. The molecular weight excluding hydrogens is 454 g/mol. The number of allylic oxidation sites excluding steroid dienone is 1. The van der Waals surface area contributed by atoms with Gasteiger partial charge in [0.2, 0.25) is 0 Å². The van der Waals surface area contributed by atoms with E-state index < -0.39 is 10.1 Å². The Kier molecular flexibility index (Phi) is 6.37. The van der Waals surface area contributed by atoms with E-state index in [0.717, 1.165) is 4.47 Å². The number of rotatable bonds is 6. The van der Waals surface area contributed by atoms with Gasteiger partial charge in [0, 0.05) is 10.0 Å². The first-order valence-electron chi connectivity index (χ1n) is 8.48. The maximum absolute atomic E-state index is 12.6. The van der Waals surface area contributed by atoms with Crippen LogP contribution in [0.3, 0.4) is 0 Å². The average Bonchev–Trinajstić information content (AvgIpc) is 2.74. The van der Waals surface area contributed by atoms with Crippen LogP contribution in [0, 0.1) is 11.3 Å². The third-order valence-electron chi connectivity index (χ3n) is 4.02. The summed E-state index contributed by atoms with van der Waals surface area (Å²) in [5.74, 6) is 0.796. The van der Waals surface area contributed by atoms with Crippen LogP contribution in [-0.4, -0.2) is 15.5 Å². The highest BCUT2D eigenvalue weighted by Gasteiger charge is 2.18. The number of halogens is 1. The van der Waals surface area contributed by atoms with Gasteiger partial charge in [-0.1, -0.05) is 34.1 Å². The van der Waals surface area contributed by atoms with E-state index >= 15 is 0 Å². The van der Waals surface area contributed by atoms with Gasteiger partial charge >= 0.3 is 10.1 Å². The van der Waals surface area contributed by atoms with Crippen LogP contribution in [-0.2, 0) is 10.1 Å². The van der Waals surface area contributed by atoms with E-state index in [2.05, 4.69) is 22.0 Å². The molecule has 0 atom stereocenters. The number of nitriles is 1. The van der Waals surface area contributed by atoms with Crippen LogP contribution >= 0.6 is 15.9 Å². The second-order valence-electron chi connectivity index (χ2n) is 5.93. The highest BCUT2D eigenvalue weighted by atomic mass is 79.9. The number of methoxy groups -OCH3 is 1. The van der Waals surface area contributed by atoms with Crippen LogP contribution in [0.15, 0.2) is 82.2 Å². The molecule has 0 heterocycles. The second-order valence-corrected chi connectivity index (χ2v) is 8.39. The van der Waals surface area contributed by atoms with Crippen molar-refractivity contribution in [3.63, 3.8) is 0 Å². The van der Waals surface area contributed by atoms with Crippen LogP contribution in [0.5, 0.6) is 11.5 Å². The molecule has 0 aliphatic carbocycles. The molecule has 29 heavy (non-hydrogen) atoms. The number of ether oxygens (including phenoxy) is 1. The van der Waals surface area contributed by atoms with E-state index in [9.17, 15) is 13.7 Å². The number of hydrogen-bond acceptors (Lipinski definition) is 5. The van der Waals surface area contributed by atoms with Gasteiger partial charge in [-0.15, -0.1) is 0 Å². The molecule has 3 rings (SSSR count). The molecule has 0 fully saturated rings. The Hall–Kier alpha value is -3.08. The van der Waals surface area contributed by atoms with Crippen molar-refractivity contribution in [2.75, 3.05) is 7.11 Å². The molecule has 5 nitrogen and oxygen atoms in total. The monoisotopic (exact) mass is 469 g/mol. The van der Waals surface area contributed by atoms with E-state index in [-0.39, 0.29) is 10.6 Å². The summed E-state index contributed by atoms with van der Waals surface area (Å²) in [6.45, 7) is 0. The van der Waals surface area contributed by atoms with Gasteiger partial charge < -0.3 is 8.92 Å². The Morgan fingerprint density at radius 2 is 1.72 bits per heavy atom. The van der Waals surface area contributed by atoms with Crippen molar-refractivity contribution in [3.05, 3.63) is 88.4 Å². The highest BCUT2D eigenvalue weighted by molar-refractivity contribution is 9.10. The van der Waals surface area contributed by atoms with E-state index in [1.54, 1.807) is 73.8 Å². The average molecular weight is 470 g/mol. The molecule has 0 unspecified atom stereocenters. The van der Waals surface area contributed by atoms with Crippen LogP contribution in [0.4, 0.5) is 0 Å². The van der Waals surface area contributed by atoms with Crippen LogP contribution in [0.25, 0.3) is 11.6 Å². The van der Waals surface area contributed by atoms with E-state index in [4.69, 9.17) is 8.92 Å². The lowest BCUT2D eigenvalue weighted by Crippen LogP contribution is -2.10. The van der Waals surface area contributed by atoms with Gasteiger partial charge in [0.15, 0.2) is 0 Å². The minimum Gasteiger partial charge on any atom is -0.497 e. The summed E-state index contributed by atoms with van der Waals surface area (Å²) >= 11 is 3.37. The molecule has 0 aromatic heterocycles. The predicted octanol–water partition coefficient (Wildman–Crippen LogP) is 5.29. The summed E-state index contributed by atoms with van der Waals surface area (Å²) in [4.78, 5) is 0.0495. The molecule has 7 heteroatoms. The van der Waals surface area contributed by atoms with Crippen molar-refractivity contribution in [1.82, 2.24) is 0 Å². The number of nitrogens with zero attached hydrogens (tertiary/aromatic N) is 1. The first-order valence-corrected chi connectivity index (χ1v) is 10.7. The molecule has 0 bridgehead atoms. The highest BCUT2D eigenvalue weighted by Crippen LogP contribution is 2.30. The van der Waals surface area contributed by atoms with E-state index in [0.29, 0.717) is 22.4 Å². The zero-order valence-electron chi connectivity index (χ0n) is 15.4. The van der Waals surface area contributed by atoms with Crippen molar-refractivity contribution in [2.45, 2.75) is 4.90 Å². The van der Waals surface area contributed by atoms with Crippen molar-refractivity contribution in [3.8, 4) is 17.6 Å². The van der Waals surface area contributed by atoms with Gasteiger partial charge in [-0.2, -0.15) is 13.7 Å². The first kappa shape index (κ1) is 20.6. The maximum atomic E-state index is 12.6. The quantitative estimate of drug-likeness (QED) is 0.278. The maximum Gasteiger partial charge on any atom is 0.339 e. The standard InChI is InChI=1S/C22H16BrNO4S/c1-27-20-10-7-16(8-11-20)18(15-24)13-17-14-19(23)9-12-22(17)28-29(25,26)21-5-3-2-4-6-21/h2-14H,1H3/b18-13+. The molecular formula is C22H16BrNO4S. The Labute approximate surface area is 178 Å². The predicted molar refractivity (Wildman–Crippen MR) is 115 cm³/mol. The topological polar surface area (TPSA) is 76.4 Å². The molecule has 0 aliphatic rings. The summed E-state index contributed by atoms with van der Waals surface area (Å²) in [6, 6.07) is 21.9. The molecule has 0 radical (unpaired) electrons. The van der Waals surface area contributed by atoms with Crippen molar-refractivity contribution in [2.24, 2.45) is 0 Å². The molecule has 3 aromatic carbocycles.